The van der Waals surface area contributed by atoms with Crippen LogP contribution in [0.1, 0.15) is 38.3 Å². The molecule has 1 heterocycles. The molecule has 55 heavy (non-hydrogen) atoms. The number of hydrogen-bond acceptors (Lipinski definition) is 8. The van der Waals surface area contributed by atoms with Gasteiger partial charge in [0.2, 0.25) is 17.6 Å². The lowest BCUT2D eigenvalue weighted by atomic mass is 9.94. The molecule has 2 aromatic rings. The molecule has 2 aromatic carbocycles. The van der Waals surface area contributed by atoms with Crippen LogP contribution in [0.25, 0.3) is 0 Å². The van der Waals surface area contributed by atoms with Gasteiger partial charge in [-0.1, -0.05) is 49.2 Å². The maximum Gasteiger partial charge on any atom is 0.405 e. The first-order chi connectivity index (χ1) is 25.2. The van der Waals surface area contributed by atoms with Gasteiger partial charge >= 0.3 is 18.0 Å². The van der Waals surface area contributed by atoms with E-state index in [0.717, 1.165) is 32.2 Å². The number of carbonyl (C=O) groups excluding carboxylic acids is 5. The lowest BCUT2D eigenvalue weighted by Gasteiger charge is -2.30. The van der Waals surface area contributed by atoms with Crippen molar-refractivity contribution in [2.24, 2.45) is 5.92 Å². The molecule has 0 bridgehead atoms. The molecular weight excluding hydrogens is 816 g/mol. The number of rotatable bonds is 15. The number of alkyl halides is 7. The molecule has 0 aromatic heterocycles. The summed E-state index contributed by atoms with van der Waals surface area (Å²) >= 11 is 11.6. The van der Waals surface area contributed by atoms with Gasteiger partial charge in [-0.2, -0.15) is 30.7 Å². The van der Waals surface area contributed by atoms with Crippen molar-refractivity contribution in [1.82, 2.24) is 20.9 Å². The van der Waals surface area contributed by atoms with Crippen molar-refractivity contribution >= 4 is 62.5 Å². The Morgan fingerprint density at radius 2 is 1.51 bits per heavy atom. The largest absolute Gasteiger partial charge is 0.497 e. The van der Waals surface area contributed by atoms with E-state index in [2.05, 4.69) is 0 Å². The Labute approximate surface area is 320 Å². The van der Waals surface area contributed by atoms with Crippen LogP contribution in [0.3, 0.4) is 0 Å². The zero-order chi connectivity index (χ0) is 41.8. The molecule has 1 saturated heterocycles. The number of ether oxygens (including phenoxy) is 1. The van der Waals surface area contributed by atoms with Crippen molar-refractivity contribution in [1.29, 1.82) is 0 Å². The maximum atomic E-state index is 15.2. The number of nitrogens with one attached hydrogen (secondary N) is 3. The predicted octanol–water partition coefficient (Wildman–Crippen LogP) is 4.21. The lowest BCUT2D eigenvalue weighted by molar-refractivity contribution is -0.165. The van der Waals surface area contributed by atoms with Gasteiger partial charge in [-0.3, -0.25) is 24.0 Å². The van der Waals surface area contributed by atoms with Gasteiger partial charge in [0, 0.05) is 11.6 Å². The Morgan fingerprint density at radius 1 is 0.909 bits per heavy atom. The number of hydrogen-bond donors (Lipinski definition) is 3. The summed E-state index contributed by atoms with van der Waals surface area (Å²) in [5.74, 6) is -20.6. The highest BCUT2D eigenvalue weighted by Gasteiger charge is 2.53. The van der Waals surface area contributed by atoms with E-state index in [1.165, 1.54) is 37.4 Å². The second-order valence-electron chi connectivity index (χ2n) is 12.9. The van der Waals surface area contributed by atoms with Crippen LogP contribution >= 0.6 is 23.2 Å². The number of Topliss-reactive ketones (excluding diaryl/α,β-unsaturated/α-hetero) is 1. The maximum absolute atomic E-state index is 15.2. The van der Waals surface area contributed by atoms with Gasteiger partial charge in [-0.25, -0.2) is 8.42 Å². The molecule has 1 fully saturated rings. The number of benzene rings is 2. The molecule has 22 heteroatoms. The summed E-state index contributed by atoms with van der Waals surface area (Å²) in [5, 5.41) is 2.31. The normalized spacial score (nSPS) is 17.7. The number of amides is 4. The van der Waals surface area contributed by atoms with Crippen LogP contribution in [0.4, 0.5) is 30.7 Å². The third-order valence-electron chi connectivity index (χ3n) is 8.44. The van der Waals surface area contributed by atoms with Crippen LogP contribution in [0, 0.1) is 5.92 Å². The van der Waals surface area contributed by atoms with Gasteiger partial charge in [0.15, 0.2) is 9.84 Å². The van der Waals surface area contributed by atoms with Crippen molar-refractivity contribution in [3.05, 3.63) is 63.6 Å². The lowest BCUT2D eigenvalue weighted by Crippen LogP contribution is -2.60. The van der Waals surface area contributed by atoms with E-state index in [1.54, 1.807) is 5.32 Å². The van der Waals surface area contributed by atoms with E-state index in [1.807, 2.05) is 5.32 Å². The average molecular weight is 852 g/mol. The summed E-state index contributed by atoms with van der Waals surface area (Å²) in [6.07, 6.45) is -5.83. The topological polar surface area (TPSA) is 168 Å². The van der Waals surface area contributed by atoms with Crippen LogP contribution in [-0.4, -0.2) is 98.4 Å². The number of halogens is 9. The van der Waals surface area contributed by atoms with Crippen molar-refractivity contribution in [2.75, 3.05) is 20.2 Å². The fourth-order valence-electron chi connectivity index (χ4n) is 5.46. The minimum absolute atomic E-state index is 0.207. The van der Waals surface area contributed by atoms with E-state index in [9.17, 15) is 54.3 Å². The molecule has 1 aliphatic rings. The highest BCUT2D eigenvalue weighted by atomic mass is 35.5. The van der Waals surface area contributed by atoms with E-state index in [4.69, 9.17) is 27.9 Å². The molecule has 4 atom stereocenters. The highest BCUT2D eigenvalue weighted by Crippen LogP contribution is 2.36. The van der Waals surface area contributed by atoms with Gasteiger partial charge in [-0.15, -0.1) is 0 Å². The number of likely N-dealkylation sites (tertiary alicyclic amines) is 1. The van der Waals surface area contributed by atoms with Crippen molar-refractivity contribution in [3.63, 3.8) is 0 Å². The van der Waals surface area contributed by atoms with E-state index in [0.29, 0.717) is 16.7 Å². The average Bonchev–Trinajstić information content (AvgIpc) is 3.56. The quantitative estimate of drug-likeness (QED) is 0.177. The van der Waals surface area contributed by atoms with Crippen molar-refractivity contribution in [3.8, 4) is 5.75 Å². The van der Waals surface area contributed by atoms with Gasteiger partial charge < -0.3 is 25.6 Å². The molecule has 0 radical (unpaired) electrons. The Morgan fingerprint density at radius 3 is 2.05 bits per heavy atom. The van der Waals surface area contributed by atoms with E-state index < -0.39 is 122 Å². The zero-order valence-corrected chi connectivity index (χ0v) is 31.6. The number of methoxy groups -OCH3 is 1. The summed E-state index contributed by atoms with van der Waals surface area (Å²) in [4.78, 5) is 65.6. The number of ketones is 1. The van der Waals surface area contributed by atoms with Crippen LogP contribution in [-0.2, 0) is 45.5 Å². The SMILES string of the molecule is COc1ccc(CS(=O)(=O)[C@@H]2C[C@@H](C(=O)N[C@H](C(=O)C(F)(F)C(=O)NCC(F)(F)F)C(C)C)N(C(=O)[C@H](C)NC(=O)C(F)(F)c3cc(Cl)ccc3Cl)C2)cc1. The molecule has 1 aliphatic heterocycles. The van der Waals surface area contributed by atoms with Crippen molar-refractivity contribution < 1.29 is 67.9 Å². The molecule has 0 aliphatic carbocycles. The van der Waals surface area contributed by atoms with E-state index >= 15 is 8.78 Å². The van der Waals surface area contributed by atoms with Crippen LogP contribution in [0.2, 0.25) is 10.0 Å². The first-order valence-electron chi connectivity index (χ1n) is 16.1. The van der Waals surface area contributed by atoms with Crippen LogP contribution < -0.4 is 20.7 Å². The van der Waals surface area contributed by atoms with Gasteiger partial charge in [-0.05, 0) is 55.2 Å². The number of carbonyl (C=O) groups is 5. The molecule has 0 saturated carbocycles. The first kappa shape index (κ1) is 45.2. The van der Waals surface area contributed by atoms with Gasteiger partial charge in [0.25, 0.3) is 11.8 Å². The monoisotopic (exact) mass is 850 g/mol. The van der Waals surface area contributed by atoms with Crippen molar-refractivity contribution in [2.45, 2.75) is 74.3 Å². The Bertz CT molecular complexity index is 1900. The molecule has 4 amide bonds. The number of nitrogens with zero attached hydrogens (tertiary/aromatic N) is 1. The van der Waals surface area contributed by atoms with E-state index in [-0.39, 0.29) is 10.6 Å². The Balaban J connectivity index is 1.94. The molecule has 3 N–H and O–H groups in total. The summed E-state index contributed by atoms with van der Waals surface area (Å²) in [7, 11) is -2.90. The summed E-state index contributed by atoms with van der Waals surface area (Å²) in [5.41, 5.74) is -0.763. The molecule has 0 unspecified atom stereocenters. The van der Waals surface area contributed by atoms with Gasteiger partial charge in [0.05, 0.1) is 34.7 Å². The highest BCUT2D eigenvalue weighted by molar-refractivity contribution is 7.91. The Hall–Kier alpha value is -4.17. The predicted molar refractivity (Wildman–Crippen MR) is 183 cm³/mol. The van der Waals surface area contributed by atoms with Crippen LogP contribution in [0.5, 0.6) is 5.75 Å². The second-order valence-corrected chi connectivity index (χ2v) is 16.0. The van der Waals surface area contributed by atoms with Gasteiger partial charge in [0.1, 0.15) is 24.4 Å². The second kappa shape index (κ2) is 17.3. The van der Waals surface area contributed by atoms with Crippen LogP contribution in [0.15, 0.2) is 42.5 Å². The minimum Gasteiger partial charge on any atom is -0.497 e. The standard InChI is InChI=1S/C33H35Cl2F7N4O8S/c1-16(2)25(26(47)33(41,42)29(50)43-15-31(36,37)38)45-27(48)24-12-21(55(52,53)14-18-5-8-20(54-4)9-6-18)13-46(24)28(49)17(3)44-30(51)32(39,40)22-11-19(34)7-10-23(22)35/h5-11,16-17,21,24-25H,12-15H2,1-4H3,(H,43,50)(H,44,51)(H,45,48)/t17-,21+,24-,25-/m0/s1. The fraction of sp³-hybridized carbons (Fsp3) is 0.485. The number of sulfone groups is 1. The molecule has 304 valence electrons. The third kappa shape index (κ3) is 11.0. The minimum atomic E-state index is -5.11. The molecule has 12 nitrogen and oxygen atoms in total. The summed E-state index contributed by atoms with van der Waals surface area (Å²) in [6, 6.07) is 2.59. The third-order valence-corrected chi connectivity index (χ3v) is 11.1. The Kier molecular flexibility index (Phi) is 14.2. The smallest absolute Gasteiger partial charge is 0.405 e. The molecule has 3 rings (SSSR count). The first-order valence-corrected chi connectivity index (χ1v) is 18.6. The molecule has 0 spiro atoms. The molecular formula is C33H35Cl2F7N4O8S. The summed E-state index contributed by atoms with van der Waals surface area (Å²) in [6.45, 7) is 0.227. The fourth-order valence-corrected chi connectivity index (χ4v) is 7.63. The zero-order valence-electron chi connectivity index (χ0n) is 29.3. The summed E-state index contributed by atoms with van der Waals surface area (Å²) < 4.78 is 130.